The average Bonchev–Trinajstić information content (AvgIpc) is 2.67. The van der Waals surface area contributed by atoms with Crippen molar-refractivity contribution in [3.8, 4) is 0 Å². The van der Waals surface area contributed by atoms with Crippen molar-refractivity contribution in [2.45, 2.75) is 19.9 Å². The Labute approximate surface area is 148 Å². The standard InChI is InChI=1S/C19H25N5O/c1-2-9-20-19-21-10-8-17(22-19)18(25)24-13-11-23(12-14-24)15-16-6-4-3-5-7-16/h3-8,10H,2,9,11-15H2,1H3,(H,20,21,22). The van der Waals surface area contributed by atoms with Gasteiger partial charge in [-0.2, -0.15) is 0 Å². The minimum Gasteiger partial charge on any atom is -0.354 e. The number of anilines is 1. The predicted octanol–water partition coefficient (Wildman–Crippen LogP) is 2.26. The summed E-state index contributed by atoms with van der Waals surface area (Å²) in [5.41, 5.74) is 1.77. The van der Waals surface area contributed by atoms with E-state index < -0.39 is 0 Å². The van der Waals surface area contributed by atoms with Crippen LogP contribution in [0.5, 0.6) is 0 Å². The molecule has 2 aromatic rings. The smallest absolute Gasteiger partial charge is 0.272 e. The number of nitrogens with zero attached hydrogens (tertiary/aromatic N) is 4. The molecule has 1 amide bonds. The first-order valence-corrected chi connectivity index (χ1v) is 8.88. The summed E-state index contributed by atoms with van der Waals surface area (Å²) >= 11 is 0. The molecule has 0 atom stereocenters. The van der Waals surface area contributed by atoms with E-state index in [1.54, 1.807) is 12.3 Å². The molecule has 3 rings (SSSR count). The van der Waals surface area contributed by atoms with Crippen molar-refractivity contribution < 1.29 is 4.79 Å². The maximum absolute atomic E-state index is 12.7. The second-order valence-corrected chi connectivity index (χ2v) is 6.25. The van der Waals surface area contributed by atoms with Crippen LogP contribution in [0.25, 0.3) is 0 Å². The summed E-state index contributed by atoms with van der Waals surface area (Å²) in [6.45, 7) is 7.04. The van der Waals surface area contributed by atoms with E-state index in [4.69, 9.17) is 0 Å². The lowest BCUT2D eigenvalue weighted by Crippen LogP contribution is -2.48. The van der Waals surface area contributed by atoms with Crippen LogP contribution in [0.4, 0.5) is 5.95 Å². The lowest BCUT2D eigenvalue weighted by atomic mass is 10.2. The number of hydrogen-bond donors (Lipinski definition) is 1. The van der Waals surface area contributed by atoms with Crippen molar-refractivity contribution >= 4 is 11.9 Å². The molecule has 6 nitrogen and oxygen atoms in total. The molecule has 6 heteroatoms. The molecule has 0 radical (unpaired) electrons. The Morgan fingerprint density at radius 1 is 1.12 bits per heavy atom. The van der Waals surface area contributed by atoms with Crippen molar-refractivity contribution in [3.05, 3.63) is 53.9 Å². The minimum absolute atomic E-state index is 0.0127. The summed E-state index contributed by atoms with van der Waals surface area (Å²) in [6, 6.07) is 12.1. The highest BCUT2D eigenvalue weighted by molar-refractivity contribution is 5.92. The maximum atomic E-state index is 12.7. The molecule has 0 saturated carbocycles. The summed E-state index contributed by atoms with van der Waals surface area (Å²) in [5.74, 6) is 0.511. The summed E-state index contributed by atoms with van der Waals surface area (Å²) in [6.07, 6.45) is 2.63. The van der Waals surface area contributed by atoms with Crippen molar-refractivity contribution in [1.29, 1.82) is 0 Å². The van der Waals surface area contributed by atoms with Gasteiger partial charge in [0.25, 0.3) is 5.91 Å². The highest BCUT2D eigenvalue weighted by atomic mass is 16.2. The first kappa shape index (κ1) is 17.4. The Morgan fingerprint density at radius 2 is 1.88 bits per heavy atom. The molecule has 0 unspecified atom stereocenters. The third-order valence-electron chi connectivity index (χ3n) is 4.32. The van der Waals surface area contributed by atoms with Gasteiger partial charge < -0.3 is 10.2 Å². The highest BCUT2D eigenvalue weighted by Gasteiger charge is 2.23. The quantitative estimate of drug-likeness (QED) is 0.875. The van der Waals surface area contributed by atoms with E-state index >= 15 is 0 Å². The fourth-order valence-electron chi connectivity index (χ4n) is 2.91. The van der Waals surface area contributed by atoms with Gasteiger partial charge in [0.1, 0.15) is 5.69 Å². The molecule has 1 aliphatic rings. The first-order chi connectivity index (χ1) is 12.3. The minimum atomic E-state index is -0.0127. The summed E-state index contributed by atoms with van der Waals surface area (Å²) in [5, 5.41) is 3.13. The fraction of sp³-hybridized carbons (Fsp3) is 0.421. The topological polar surface area (TPSA) is 61.4 Å². The van der Waals surface area contributed by atoms with E-state index in [0.29, 0.717) is 11.6 Å². The molecule has 1 N–H and O–H groups in total. The molecular formula is C19H25N5O. The summed E-state index contributed by atoms with van der Waals surface area (Å²) in [7, 11) is 0. The number of benzene rings is 1. The zero-order valence-corrected chi connectivity index (χ0v) is 14.7. The average molecular weight is 339 g/mol. The van der Waals surface area contributed by atoms with Crippen molar-refractivity contribution in [3.63, 3.8) is 0 Å². The van der Waals surface area contributed by atoms with Gasteiger partial charge in [0, 0.05) is 45.5 Å². The monoisotopic (exact) mass is 339 g/mol. The normalized spacial score (nSPS) is 15.2. The van der Waals surface area contributed by atoms with E-state index in [2.05, 4.69) is 51.4 Å². The van der Waals surface area contributed by atoms with Gasteiger partial charge in [-0.05, 0) is 18.1 Å². The van der Waals surface area contributed by atoms with Crippen LogP contribution in [0.15, 0.2) is 42.6 Å². The van der Waals surface area contributed by atoms with Crippen LogP contribution < -0.4 is 5.32 Å². The van der Waals surface area contributed by atoms with Crippen LogP contribution >= 0.6 is 0 Å². The van der Waals surface area contributed by atoms with Crippen LogP contribution in [0, 0.1) is 0 Å². The Balaban J connectivity index is 1.54. The molecule has 0 spiro atoms. The van der Waals surface area contributed by atoms with Crippen LogP contribution in [-0.2, 0) is 6.54 Å². The van der Waals surface area contributed by atoms with Gasteiger partial charge in [-0.3, -0.25) is 9.69 Å². The predicted molar refractivity (Wildman–Crippen MR) is 98.4 cm³/mol. The van der Waals surface area contributed by atoms with Crippen molar-refractivity contribution in [2.24, 2.45) is 0 Å². The van der Waals surface area contributed by atoms with Crippen LogP contribution in [-0.4, -0.2) is 58.4 Å². The molecule has 1 aromatic carbocycles. The van der Waals surface area contributed by atoms with Gasteiger partial charge in [-0.25, -0.2) is 9.97 Å². The Morgan fingerprint density at radius 3 is 2.60 bits per heavy atom. The molecule has 1 aromatic heterocycles. The molecule has 2 heterocycles. The third-order valence-corrected chi connectivity index (χ3v) is 4.32. The molecule has 132 valence electrons. The zero-order valence-electron chi connectivity index (χ0n) is 14.7. The van der Waals surface area contributed by atoms with Crippen molar-refractivity contribution in [1.82, 2.24) is 19.8 Å². The molecule has 1 aliphatic heterocycles. The SMILES string of the molecule is CCCNc1nccc(C(=O)N2CCN(Cc3ccccc3)CC2)n1. The van der Waals surface area contributed by atoms with Crippen LogP contribution in [0.2, 0.25) is 0 Å². The number of piperazine rings is 1. The Kier molecular flexibility index (Phi) is 5.95. The van der Waals surface area contributed by atoms with Gasteiger partial charge in [0.05, 0.1) is 0 Å². The Bertz CT molecular complexity index is 683. The Hall–Kier alpha value is -2.47. The van der Waals surface area contributed by atoms with Gasteiger partial charge in [-0.1, -0.05) is 37.3 Å². The number of aromatic nitrogens is 2. The molecule has 1 saturated heterocycles. The number of hydrogen-bond acceptors (Lipinski definition) is 5. The first-order valence-electron chi connectivity index (χ1n) is 8.88. The van der Waals surface area contributed by atoms with Gasteiger partial charge in [0.2, 0.25) is 5.95 Å². The van der Waals surface area contributed by atoms with E-state index in [1.165, 1.54) is 5.56 Å². The maximum Gasteiger partial charge on any atom is 0.272 e. The summed E-state index contributed by atoms with van der Waals surface area (Å²) in [4.78, 5) is 25.5. The van der Waals surface area contributed by atoms with Crippen molar-refractivity contribution in [2.75, 3.05) is 38.0 Å². The van der Waals surface area contributed by atoms with Gasteiger partial charge in [0.15, 0.2) is 0 Å². The number of amides is 1. The third kappa shape index (κ3) is 4.76. The second-order valence-electron chi connectivity index (χ2n) is 6.25. The van der Waals surface area contributed by atoms with E-state index in [1.807, 2.05) is 11.0 Å². The molecule has 1 fully saturated rings. The fourth-order valence-corrected chi connectivity index (χ4v) is 2.91. The molecule has 0 aliphatic carbocycles. The summed E-state index contributed by atoms with van der Waals surface area (Å²) < 4.78 is 0. The molecule has 25 heavy (non-hydrogen) atoms. The second kappa shape index (κ2) is 8.58. The molecule has 0 bridgehead atoms. The zero-order chi connectivity index (χ0) is 17.5. The largest absolute Gasteiger partial charge is 0.354 e. The number of nitrogens with one attached hydrogen (secondary N) is 1. The van der Waals surface area contributed by atoms with E-state index in [9.17, 15) is 4.79 Å². The lowest BCUT2D eigenvalue weighted by Gasteiger charge is -2.34. The highest BCUT2D eigenvalue weighted by Crippen LogP contribution is 2.11. The number of rotatable bonds is 6. The number of carbonyl (C=O) groups is 1. The van der Waals surface area contributed by atoms with Crippen LogP contribution in [0.3, 0.4) is 0 Å². The van der Waals surface area contributed by atoms with E-state index in [-0.39, 0.29) is 5.91 Å². The van der Waals surface area contributed by atoms with Crippen LogP contribution in [0.1, 0.15) is 29.4 Å². The van der Waals surface area contributed by atoms with Gasteiger partial charge in [-0.15, -0.1) is 0 Å². The van der Waals surface area contributed by atoms with E-state index in [0.717, 1.165) is 45.7 Å². The number of carbonyl (C=O) groups excluding carboxylic acids is 1. The lowest BCUT2D eigenvalue weighted by molar-refractivity contribution is 0.0622. The molecular weight excluding hydrogens is 314 g/mol. The van der Waals surface area contributed by atoms with Gasteiger partial charge >= 0.3 is 0 Å².